The van der Waals surface area contributed by atoms with Crippen molar-refractivity contribution in [1.82, 2.24) is 9.97 Å². The number of amides is 1. The SMILES string of the molecule is O=C(Nc1ccc(F)cc1)C(Sc1ncnc2sccc12)c1ccccc1. The molecular weight excluding hydrogens is 381 g/mol. The molecule has 4 aromatic rings. The monoisotopic (exact) mass is 395 g/mol. The standard InChI is InChI=1S/C20H14FN3OS2/c21-14-6-8-15(9-7-14)24-18(25)17(13-4-2-1-3-5-13)27-20-16-10-11-26-19(16)22-12-23-20/h1-12,17H,(H,24,25). The highest BCUT2D eigenvalue weighted by Gasteiger charge is 2.24. The number of benzene rings is 2. The summed E-state index contributed by atoms with van der Waals surface area (Å²) in [4.78, 5) is 22.5. The minimum atomic E-state index is -0.505. The van der Waals surface area contributed by atoms with Crippen LogP contribution in [0.1, 0.15) is 10.8 Å². The molecule has 2 aromatic heterocycles. The van der Waals surface area contributed by atoms with Crippen LogP contribution < -0.4 is 5.32 Å². The van der Waals surface area contributed by atoms with Gasteiger partial charge in [-0.25, -0.2) is 14.4 Å². The van der Waals surface area contributed by atoms with Gasteiger partial charge in [0.1, 0.15) is 27.3 Å². The molecule has 27 heavy (non-hydrogen) atoms. The number of hydrogen-bond acceptors (Lipinski definition) is 5. The zero-order chi connectivity index (χ0) is 18.6. The smallest absolute Gasteiger partial charge is 0.242 e. The van der Waals surface area contributed by atoms with Crippen molar-refractivity contribution >= 4 is 44.9 Å². The van der Waals surface area contributed by atoms with Gasteiger partial charge in [0, 0.05) is 11.1 Å². The topological polar surface area (TPSA) is 54.9 Å². The summed E-state index contributed by atoms with van der Waals surface area (Å²) in [6, 6.07) is 17.2. The number of hydrogen-bond donors (Lipinski definition) is 1. The van der Waals surface area contributed by atoms with Crippen LogP contribution in [0.4, 0.5) is 10.1 Å². The summed E-state index contributed by atoms with van der Waals surface area (Å²) in [5.41, 5.74) is 1.41. The molecule has 0 aliphatic carbocycles. The summed E-state index contributed by atoms with van der Waals surface area (Å²) in [6.07, 6.45) is 1.51. The second kappa shape index (κ2) is 7.85. The highest BCUT2D eigenvalue weighted by atomic mass is 32.2. The number of thioether (sulfide) groups is 1. The summed E-state index contributed by atoms with van der Waals surface area (Å²) in [7, 11) is 0. The lowest BCUT2D eigenvalue weighted by molar-refractivity contribution is -0.115. The molecule has 0 fully saturated rings. The third-order valence-electron chi connectivity index (χ3n) is 3.91. The first-order valence-corrected chi connectivity index (χ1v) is 9.93. The molecule has 1 N–H and O–H groups in total. The zero-order valence-electron chi connectivity index (χ0n) is 14.0. The van der Waals surface area contributed by atoms with Crippen LogP contribution in [0.3, 0.4) is 0 Å². The van der Waals surface area contributed by atoms with E-state index in [1.165, 1.54) is 41.6 Å². The van der Waals surface area contributed by atoms with E-state index in [2.05, 4.69) is 15.3 Å². The molecule has 0 aliphatic rings. The molecule has 0 spiro atoms. The Morgan fingerprint density at radius 1 is 1.04 bits per heavy atom. The number of nitrogens with one attached hydrogen (secondary N) is 1. The molecule has 1 unspecified atom stereocenters. The fraction of sp³-hybridized carbons (Fsp3) is 0.0500. The van der Waals surface area contributed by atoms with Crippen LogP contribution in [0.2, 0.25) is 0 Å². The van der Waals surface area contributed by atoms with Gasteiger partial charge in [-0.15, -0.1) is 11.3 Å². The van der Waals surface area contributed by atoms with E-state index in [-0.39, 0.29) is 11.7 Å². The third kappa shape index (κ3) is 3.99. The summed E-state index contributed by atoms with van der Waals surface area (Å²) >= 11 is 2.91. The zero-order valence-corrected chi connectivity index (χ0v) is 15.6. The normalized spacial score (nSPS) is 12.0. The Kier molecular flexibility index (Phi) is 5.13. The number of fused-ring (bicyclic) bond motifs is 1. The first-order valence-electron chi connectivity index (χ1n) is 8.17. The number of rotatable bonds is 5. The summed E-state index contributed by atoms with van der Waals surface area (Å²) < 4.78 is 13.1. The van der Waals surface area contributed by atoms with Crippen molar-refractivity contribution in [3.8, 4) is 0 Å². The van der Waals surface area contributed by atoms with Crippen LogP contribution in [0.25, 0.3) is 10.2 Å². The molecule has 1 atom stereocenters. The second-order valence-corrected chi connectivity index (χ2v) is 7.71. The van der Waals surface area contributed by atoms with Crippen LogP contribution in [0.15, 0.2) is 77.4 Å². The Balaban J connectivity index is 1.66. The van der Waals surface area contributed by atoms with Gasteiger partial charge in [0.05, 0.1) is 0 Å². The molecule has 0 aliphatic heterocycles. The molecule has 0 bridgehead atoms. The fourth-order valence-corrected chi connectivity index (χ4v) is 4.49. The van der Waals surface area contributed by atoms with E-state index in [1.54, 1.807) is 12.1 Å². The largest absolute Gasteiger partial charge is 0.325 e. The quantitative estimate of drug-likeness (QED) is 0.368. The van der Waals surface area contributed by atoms with E-state index in [9.17, 15) is 9.18 Å². The molecule has 7 heteroatoms. The van der Waals surface area contributed by atoms with Crippen LogP contribution >= 0.6 is 23.1 Å². The maximum Gasteiger partial charge on any atom is 0.242 e. The summed E-state index contributed by atoms with van der Waals surface area (Å²) in [5, 5.41) is 6.00. The summed E-state index contributed by atoms with van der Waals surface area (Å²) in [5.74, 6) is -0.539. The number of nitrogens with zero attached hydrogens (tertiary/aromatic N) is 2. The molecule has 4 nitrogen and oxygen atoms in total. The van der Waals surface area contributed by atoms with Gasteiger partial charge in [-0.1, -0.05) is 42.1 Å². The number of aromatic nitrogens is 2. The maximum absolute atomic E-state index is 13.1. The number of anilines is 1. The Morgan fingerprint density at radius 3 is 2.59 bits per heavy atom. The third-order valence-corrected chi connectivity index (χ3v) is 6.00. The van der Waals surface area contributed by atoms with E-state index in [0.717, 1.165) is 20.8 Å². The Labute approximate surface area is 163 Å². The number of thiophene rings is 1. The van der Waals surface area contributed by atoms with E-state index >= 15 is 0 Å². The van der Waals surface area contributed by atoms with Crippen molar-refractivity contribution in [3.05, 3.63) is 83.8 Å². The highest BCUT2D eigenvalue weighted by Crippen LogP contribution is 2.38. The minimum absolute atomic E-state index is 0.195. The van der Waals surface area contributed by atoms with Gasteiger partial charge in [-0.2, -0.15) is 0 Å². The summed E-state index contributed by atoms with van der Waals surface area (Å²) in [6.45, 7) is 0. The molecule has 4 rings (SSSR count). The highest BCUT2D eigenvalue weighted by molar-refractivity contribution is 8.00. The van der Waals surface area contributed by atoms with Crippen molar-refractivity contribution in [3.63, 3.8) is 0 Å². The molecule has 0 saturated carbocycles. The van der Waals surface area contributed by atoms with Crippen LogP contribution in [-0.2, 0) is 4.79 Å². The van der Waals surface area contributed by atoms with Crippen molar-refractivity contribution in [1.29, 1.82) is 0 Å². The van der Waals surface area contributed by atoms with Gasteiger partial charge >= 0.3 is 0 Å². The number of carbonyl (C=O) groups is 1. The molecule has 2 aromatic carbocycles. The lowest BCUT2D eigenvalue weighted by atomic mass is 10.1. The van der Waals surface area contributed by atoms with E-state index in [0.29, 0.717) is 5.69 Å². The van der Waals surface area contributed by atoms with E-state index in [4.69, 9.17) is 0 Å². The van der Waals surface area contributed by atoms with Crippen molar-refractivity contribution in [2.24, 2.45) is 0 Å². The van der Waals surface area contributed by atoms with Crippen molar-refractivity contribution in [2.45, 2.75) is 10.3 Å². The van der Waals surface area contributed by atoms with Crippen LogP contribution in [0.5, 0.6) is 0 Å². The molecule has 2 heterocycles. The van der Waals surface area contributed by atoms with Gasteiger partial charge in [-0.05, 0) is 41.3 Å². The molecular formula is C20H14FN3OS2. The molecule has 1 amide bonds. The lowest BCUT2D eigenvalue weighted by Gasteiger charge is -2.17. The second-order valence-electron chi connectivity index (χ2n) is 5.72. The maximum atomic E-state index is 13.1. The van der Waals surface area contributed by atoms with E-state index in [1.807, 2.05) is 41.8 Å². The van der Waals surface area contributed by atoms with Gasteiger partial charge in [0.15, 0.2) is 0 Å². The average Bonchev–Trinajstić information content (AvgIpc) is 3.18. The first-order chi connectivity index (χ1) is 13.2. The molecule has 0 saturated heterocycles. The Morgan fingerprint density at radius 2 is 1.81 bits per heavy atom. The Hall–Kier alpha value is -2.77. The fourth-order valence-electron chi connectivity index (χ4n) is 2.61. The lowest BCUT2D eigenvalue weighted by Crippen LogP contribution is -2.19. The van der Waals surface area contributed by atoms with Crippen molar-refractivity contribution in [2.75, 3.05) is 5.32 Å². The van der Waals surface area contributed by atoms with Crippen LogP contribution in [-0.4, -0.2) is 15.9 Å². The van der Waals surface area contributed by atoms with Crippen LogP contribution in [0, 0.1) is 5.82 Å². The van der Waals surface area contributed by atoms with Gasteiger partial charge in [-0.3, -0.25) is 4.79 Å². The Bertz CT molecular complexity index is 1070. The van der Waals surface area contributed by atoms with Crippen molar-refractivity contribution < 1.29 is 9.18 Å². The number of halogens is 1. The first kappa shape index (κ1) is 17.6. The number of carbonyl (C=O) groups excluding carboxylic acids is 1. The molecule has 134 valence electrons. The minimum Gasteiger partial charge on any atom is -0.325 e. The predicted molar refractivity (Wildman–Crippen MR) is 107 cm³/mol. The van der Waals surface area contributed by atoms with Gasteiger partial charge in [0.25, 0.3) is 0 Å². The van der Waals surface area contributed by atoms with Gasteiger partial charge in [0.2, 0.25) is 5.91 Å². The predicted octanol–water partition coefficient (Wildman–Crippen LogP) is 5.30. The van der Waals surface area contributed by atoms with Gasteiger partial charge < -0.3 is 5.32 Å². The van der Waals surface area contributed by atoms with E-state index < -0.39 is 5.25 Å². The molecule has 0 radical (unpaired) electrons. The average molecular weight is 395 g/mol.